The van der Waals surface area contributed by atoms with Gasteiger partial charge in [-0.3, -0.25) is 9.48 Å². The predicted octanol–water partition coefficient (Wildman–Crippen LogP) is 1.70. The lowest BCUT2D eigenvalue weighted by atomic mass is 10.2. The Bertz CT molecular complexity index is 587. The average molecular weight is 248 g/mol. The molecule has 94 valence electrons. The molecule has 1 aromatic carbocycles. The molecule has 0 radical (unpaired) electrons. The van der Waals surface area contributed by atoms with E-state index < -0.39 is 5.91 Å². The Kier molecular flexibility index (Phi) is 3.01. The van der Waals surface area contributed by atoms with Gasteiger partial charge < -0.3 is 11.1 Å². The number of nitrogens with two attached hydrogens (primary N) is 1. The van der Waals surface area contributed by atoms with E-state index in [0.29, 0.717) is 11.3 Å². The number of benzene rings is 1. The fraction of sp³-hybridized carbons (Fsp3) is 0.167. The molecule has 1 amide bonds. The minimum Gasteiger partial charge on any atom is -0.396 e. The van der Waals surface area contributed by atoms with Gasteiger partial charge in [0.05, 0.1) is 11.9 Å². The van der Waals surface area contributed by atoms with Crippen molar-refractivity contribution < 1.29 is 9.18 Å². The molecule has 2 aromatic rings. The molecule has 0 aliphatic carbocycles. The smallest absolute Gasteiger partial charge is 0.276 e. The summed E-state index contributed by atoms with van der Waals surface area (Å²) in [5.41, 5.74) is 7.06. The molecule has 0 aliphatic heterocycles. The van der Waals surface area contributed by atoms with Crippen LogP contribution in [0.15, 0.2) is 24.4 Å². The second kappa shape index (κ2) is 4.48. The highest BCUT2D eigenvalue weighted by Gasteiger charge is 2.15. The van der Waals surface area contributed by atoms with Gasteiger partial charge in [-0.15, -0.1) is 0 Å². The van der Waals surface area contributed by atoms with Crippen molar-refractivity contribution in [2.75, 3.05) is 11.1 Å². The molecule has 1 heterocycles. The molecule has 0 bridgehead atoms. The van der Waals surface area contributed by atoms with Gasteiger partial charge in [-0.1, -0.05) is 6.07 Å². The Morgan fingerprint density at radius 3 is 2.78 bits per heavy atom. The van der Waals surface area contributed by atoms with Gasteiger partial charge in [0.2, 0.25) is 0 Å². The third kappa shape index (κ3) is 2.17. The molecule has 0 unspecified atom stereocenters. The van der Waals surface area contributed by atoms with Crippen molar-refractivity contribution in [2.24, 2.45) is 7.05 Å². The Morgan fingerprint density at radius 1 is 1.50 bits per heavy atom. The number of anilines is 2. The highest BCUT2D eigenvalue weighted by atomic mass is 19.1. The second-order valence-corrected chi connectivity index (χ2v) is 3.99. The number of nitrogens with one attached hydrogen (secondary N) is 1. The lowest BCUT2D eigenvalue weighted by Crippen LogP contribution is -2.17. The first-order valence-corrected chi connectivity index (χ1v) is 5.34. The van der Waals surface area contributed by atoms with Crippen molar-refractivity contribution in [3.63, 3.8) is 0 Å². The number of hydrogen-bond donors (Lipinski definition) is 2. The topological polar surface area (TPSA) is 72.9 Å². The van der Waals surface area contributed by atoms with Gasteiger partial charge in [0, 0.05) is 12.7 Å². The van der Waals surface area contributed by atoms with Gasteiger partial charge >= 0.3 is 0 Å². The summed E-state index contributed by atoms with van der Waals surface area (Å²) in [6.45, 7) is 1.65. The van der Waals surface area contributed by atoms with E-state index in [9.17, 15) is 9.18 Å². The highest BCUT2D eigenvalue weighted by Crippen LogP contribution is 2.16. The summed E-state index contributed by atoms with van der Waals surface area (Å²) < 4.78 is 14.7. The van der Waals surface area contributed by atoms with Crippen LogP contribution < -0.4 is 11.1 Å². The van der Waals surface area contributed by atoms with Crippen LogP contribution in [-0.2, 0) is 7.05 Å². The molecule has 0 saturated heterocycles. The van der Waals surface area contributed by atoms with Crippen LogP contribution in [0.2, 0.25) is 0 Å². The van der Waals surface area contributed by atoms with E-state index >= 15 is 0 Å². The molecule has 0 aliphatic rings. The molecule has 1 aromatic heterocycles. The third-order valence-electron chi connectivity index (χ3n) is 2.61. The Labute approximate surface area is 103 Å². The fourth-order valence-electron chi connectivity index (χ4n) is 1.59. The first kappa shape index (κ1) is 12.1. The van der Waals surface area contributed by atoms with E-state index in [0.717, 1.165) is 0 Å². The van der Waals surface area contributed by atoms with Crippen molar-refractivity contribution in [2.45, 2.75) is 6.92 Å². The van der Waals surface area contributed by atoms with Crippen LogP contribution in [0.1, 0.15) is 16.1 Å². The summed E-state index contributed by atoms with van der Waals surface area (Å²) in [5.74, 6) is -0.790. The van der Waals surface area contributed by atoms with E-state index in [2.05, 4.69) is 10.4 Å². The molecular weight excluding hydrogens is 235 g/mol. The number of amides is 1. The first-order valence-electron chi connectivity index (χ1n) is 5.34. The van der Waals surface area contributed by atoms with Crippen molar-refractivity contribution in [3.05, 3.63) is 41.5 Å². The zero-order valence-electron chi connectivity index (χ0n) is 10.1. The largest absolute Gasteiger partial charge is 0.396 e. The van der Waals surface area contributed by atoms with Crippen LogP contribution in [-0.4, -0.2) is 15.7 Å². The maximum Gasteiger partial charge on any atom is 0.276 e. The molecule has 3 N–H and O–H groups in total. The van der Waals surface area contributed by atoms with Gasteiger partial charge in [0.1, 0.15) is 11.5 Å². The monoisotopic (exact) mass is 248 g/mol. The van der Waals surface area contributed by atoms with Crippen LogP contribution in [0.4, 0.5) is 15.8 Å². The number of aryl methyl sites for hydroxylation is 2. The predicted molar refractivity (Wildman–Crippen MR) is 66.7 cm³/mol. The lowest BCUT2D eigenvalue weighted by Gasteiger charge is -2.07. The van der Waals surface area contributed by atoms with E-state index in [4.69, 9.17) is 5.73 Å². The van der Waals surface area contributed by atoms with Gasteiger partial charge in [0.15, 0.2) is 0 Å². The quantitative estimate of drug-likeness (QED) is 0.849. The number of carbonyl (C=O) groups is 1. The van der Waals surface area contributed by atoms with Crippen molar-refractivity contribution in [1.82, 2.24) is 9.78 Å². The van der Waals surface area contributed by atoms with Crippen molar-refractivity contribution >= 4 is 17.3 Å². The normalized spacial score (nSPS) is 10.4. The third-order valence-corrected chi connectivity index (χ3v) is 2.61. The number of aromatic nitrogens is 2. The van der Waals surface area contributed by atoms with Crippen LogP contribution in [0.5, 0.6) is 0 Å². The number of nitrogen functional groups attached to an aromatic ring is 1. The molecule has 18 heavy (non-hydrogen) atoms. The number of rotatable bonds is 2. The molecule has 2 rings (SSSR count). The summed E-state index contributed by atoms with van der Waals surface area (Å²) in [5, 5.41) is 6.44. The van der Waals surface area contributed by atoms with Crippen LogP contribution in [0.25, 0.3) is 0 Å². The number of halogens is 1. The number of carbonyl (C=O) groups excluding carboxylic acids is 1. The Morgan fingerprint density at radius 2 is 2.22 bits per heavy atom. The van der Waals surface area contributed by atoms with Gasteiger partial charge in [-0.05, 0) is 24.6 Å². The van der Waals surface area contributed by atoms with E-state index in [1.54, 1.807) is 26.1 Å². The molecule has 0 atom stereocenters. The summed E-state index contributed by atoms with van der Waals surface area (Å²) in [6, 6.07) is 4.49. The molecular formula is C12H13FN4O. The number of hydrogen-bond acceptors (Lipinski definition) is 3. The summed E-state index contributed by atoms with van der Waals surface area (Å²) in [7, 11) is 1.61. The Balaban J connectivity index is 2.24. The van der Waals surface area contributed by atoms with E-state index in [1.165, 1.54) is 16.9 Å². The van der Waals surface area contributed by atoms with Crippen molar-refractivity contribution in [1.29, 1.82) is 0 Å². The molecule has 0 spiro atoms. The minimum atomic E-state index is -0.421. The zero-order valence-corrected chi connectivity index (χ0v) is 10.1. The standard InChI is InChI=1S/C12H13FN4O/c1-7-3-4-8(5-9(7)13)16-12(18)11-10(14)6-15-17(11)2/h3-6H,14H2,1-2H3,(H,16,18). The Hall–Kier alpha value is -2.37. The van der Waals surface area contributed by atoms with Crippen molar-refractivity contribution in [3.8, 4) is 0 Å². The van der Waals surface area contributed by atoms with Gasteiger partial charge in [-0.25, -0.2) is 4.39 Å². The molecule has 5 nitrogen and oxygen atoms in total. The van der Waals surface area contributed by atoms with E-state index in [-0.39, 0.29) is 17.2 Å². The summed E-state index contributed by atoms with van der Waals surface area (Å²) in [4.78, 5) is 11.9. The average Bonchev–Trinajstić information content (AvgIpc) is 2.64. The minimum absolute atomic E-state index is 0.246. The SMILES string of the molecule is Cc1ccc(NC(=O)c2c(N)cnn2C)cc1F. The first-order chi connectivity index (χ1) is 8.49. The van der Waals surface area contributed by atoms with Crippen LogP contribution in [0.3, 0.4) is 0 Å². The van der Waals surface area contributed by atoms with E-state index in [1.807, 2.05) is 0 Å². The summed E-state index contributed by atoms with van der Waals surface area (Å²) >= 11 is 0. The fourth-order valence-corrected chi connectivity index (χ4v) is 1.59. The lowest BCUT2D eigenvalue weighted by molar-refractivity contribution is 0.101. The van der Waals surface area contributed by atoms with Crippen LogP contribution in [0, 0.1) is 12.7 Å². The second-order valence-electron chi connectivity index (χ2n) is 3.99. The summed E-state index contributed by atoms with van der Waals surface area (Å²) in [6.07, 6.45) is 1.39. The molecule has 6 heteroatoms. The maximum absolute atomic E-state index is 13.3. The van der Waals surface area contributed by atoms with Gasteiger partial charge in [0.25, 0.3) is 5.91 Å². The molecule has 0 fully saturated rings. The zero-order chi connectivity index (χ0) is 13.3. The van der Waals surface area contributed by atoms with Gasteiger partial charge in [-0.2, -0.15) is 5.10 Å². The van der Waals surface area contributed by atoms with Crippen LogP contribution >= 0.6 is 0 Å². The number of nitrogens with zero attached hydrogens (tertiary/aromatic N) is 2. The highest BCUT2D eigenvalue weighted by molar-refractivity contribution is 6.06. The maximum atomic E-state index is 13.3. The molecule has 0 saturated carbocycles.